The maximum atomic E-state index is 11.8. The molecule has 3 N–H and O–H groups in total. The van der Waals surface area contributed by atoms with Crippen LogP contribution in [-0.2, 0) is 16.6 Å². The van der Waals surface area contributed by atoms with Crippen molar-refractivity contribution in [2.24, 2.45) is 17.3 Å². The third kappa shape index (κ3) is 3.18. The summed E-state index contributed by atoms with van der Waals surface area (Å²) in [5.74, 6) is -2.21. The fourth-order valence-electron chi connectivity index (χ4n) is 2.33. The fraction of sp³-hybridized carbons (Fsp3) is 0.0588. The number of nitrogens with zero attached hydrogens (tertiary/aromatic N) is 3. The molecule has 0 aliphatic carbocycles. The predicted octanol–water partition coefficient (Wildman–Crippen LogP) is 2.84. The number of amides is 2. The van der Waals surface area contributed by atoms with Gasteiger partial charge in [-0.3, -0.25) is 9.59 Å². The van der Waals surface area contributed by atoms with Gasteiger partial charge in [-0.2, -0.15) is 0 Å². The van der Waals surface area contributed by atoms with Crippen molar-refractivity contribution < 1.29 is 19.8 Å². The molecule has 0 fully saturated rings. The summed E-state index contributed by atoms with van der Waals surface area (Å²) in [5.41, 5.74) is 1.16. The van der Waals surface area contributed by atoms with E-state index in [1.54, 1.807) is 31.3 Å². The summed E-state index contributed by atoms with van der Waals surface area (Å²) in [6.07, 6.45) is 0. The molecule has 126 valence electrons. The first-order valence-electron chi connectivity index (χ1n) is 7.30. The summed E-state index contributed by atoms with van der Waals surface area (Å²) in [6.45, 7) is 0. The first kappa shape index (κ1) is 16.2. The number of carbonyl (C=O) groups is 2. The molecule has 0 saturated carbocycles. The number of benzene rings is 2. The van der Waals surface area contributed by atoms with Gasteiger partial charge >= 0.3 is 11.8 Å². The summed E-state index contributed by atoms with van der Waals surface area (Å²) in [5, 5.41) is 29.4. The van der Waals surface area contributed by atoms with Gasteiger partial charge in [0, 0.05) is 18.1 Å². The number of aromatic hydroxyl groups is 2. The lowest BCUT2D eigenvalue weighted by atomic mass is 10.2. The molecule has 0 bridgehead atoms. The van der Waals surface area contributed by atoms with Crippen molar-refractivity contribution in [3.63, 3.8) is 0 Å². The second-order valence-electron chi connectivity index (χ2n) is 5.25. The highest BCUT2D eigenvalue weighted by Gasteiger charge is 2.16. The summed E-state index contributed by atoms with van der Waals surface area (Å²) in [6, 6.07) is 12.7. The van der Waals surface area contributed by atoms with Crippen LogP contribution in [0.5, 0.6) is 11.6 Å². The molecule has 0 saturated heterocycles. The number of azo groups is 1. The number of para-hydroxylation sites is 1. The van der Waals surface area contributed by atoms with Gasteiger partial charge in [-0.15, -0.1) is 10.2 Å². The Labute approximate surface area is 142 Å². The van der Waals surface area contributed by atoms with Gasteiger partial charge in [-0.1, -0.05) is 18.2 Å². The number of fused-ring (bicyclic) bond motifs is 1. The number of phenolic OH excluding ortho intramolecular Hbond substituents is 1. The van der Waals surface area contributed by atoms with Crippen molar-refractivity contribution in [2.75, 3.05) is 5.32 Å². The Kier molecular flexibility index (Phi) is 4.17. The quantitative estimate of drug-likeness (QED) is 0.378. The van der Waals surface area contributed by atoms with E-state index in [1.807, 2.05) is 0 Å². The molecule has 1 aromatic heterocycles. The highest BCUT2D eigenvalue weighted by Crippen LogP contribution is 2.37. The van der Waals surface area contributed by atoms with Crippen molar-refractivity contribution in [1.29, 1.82) is 0 Å². The second-order valence-corrected chi connectivity index (χ2v) is 5.25. The molecule has 0 aliphatic rings. The van der Waals surface area contributed by atoms with Crippen molar-refractivity contribution >= 4 is 34.1 Å². The Morgan fingerprint density at radius 1 is 1.04 bits per heavy atom. The predicted molar refractivity (Wildman–Crippen MR) is 90.8 cm³/mol. The van der Waals surface area contributed by atoms with Gasteiger partial charge in [-0.25, -0.2) is 0 Å². The summed E-state index contributed by atoms with van der Waals surface area (Å²) in [7, 11) is 1.65. The number of carbonyl (C=O) groups excluding carboxylic acids is 2. The highest BCUT2D eigenvalue weighted by atomic mass is 16.3. The van der Waals surface area contributed by atoms with E-state index in [1.165, 1.54) is 28.8 Å². The lowest BCUT2D eigenvalue weighted by Gasteiger charge is -2.01. The van der Waals surface area contributed by atoms with E-state index in [0.29, 0.717) is 11.1 Å². The molecule has 1 heterocycles. The van der Waals surface area contributed by atoms with Crippen molar-refractivity contribution in [3.05, 3.63) is 48.5 Å². The zero-order valence-electron chi connectivity index (χ0n) is 13.2. The third-order valence-electron chi connectivity index (χ3n) is 3.61. The lowest BCUT2D eigenvalue weighted by molar-refractivity contribution is -0.134. The minimum absolute atomic E-state index is 0.0374. The minimum Gasteiger partial charge on any atom is -0.508 e. The topological polar surface area (TPSA) is 116 Å². The number of hydrogen-bond acceptors (Lipinski definition) is 5. The minimum atomic E-state index is -1.11. The monoisotopic (exact) mass is 338 g/mol. The van der Waals surface area contributed by atoms with E-state index in [4.69, 9.17) is 0 Å². The smallest absolute Gasteiger partial charge is 0.353 e. The van der Waals surface area contributed by atoms with E-state index in [2.05, 4.69) is 15.5 Å². The SMILES string of the molecule is Cn1c(O)c(N=NC(=O)C(=O)Nc2ccc(O)cc2)c2ccccc21. The molecule has 8 heteroatoms. The lowest BCUT2D eigenvalue weighted by Crippen LogP contribution is -2.20. The van der Waals surface area contributed by atoms with Gasteiger partial charge in [0.05, 0.1) is 5.52 Å². The second kappa shape index (κ2) is 6.44. The standard InChI is InChI=1S/C17H14N4O4/c1-21-13-5-3-2-4-12(13)14(17(21)25)19-20-16(24)15(23)18-10-6-8-11(22)9-7-10/h2-9,22,25H,1H3,(H,18,23). The highest BCUT2D eigenvalue weighted by molar-refractivity contribution is 6.40. The Balaban J connectivity index is 1.80. The molecule has 2 amide bonds. The maximum absolute atomic E-state index is 11.8. The van der Waals surface area contributed by atoms with Crippen LogP contribution < -0.4 is 5.32 Å². The Bertz CT molecular complexity index is 990. The van der Waals surface area contributed by atoms with Gasteiger partial charge < -0.3 is 20.1 Å². The maximum Gasteiger partial charge on any atom is 0.353 e. The van der Waals surface area contributed by atoms with Crippen molar-refractivity contribution in [2.45, 2.75) is 0 Å². The molecule has 0 unspecified atom stereocenters. The van der Waals surface area contributed by atoms with E-state index < -0.39 is 11.8 Å². The normalized spacial score (nSPS) is 11.1. The van der Waals surface area contributed by atoms with E-state index in [-0.39, 0.29) is 17.3 Å². The molecule has 0 atom stereocenters. The molecule has 0 spiro atoms. The van der Waals surface area contributed by atoms with Crippen molar-refractivity contribution in [1.82, 2.24) is 4.57 Å². The molecule has 3 rings (SSSR count). The van der Waals surface area contributed by atoms with Crippen LogP contribution in [0, 0.1) is 0 Å². The Morgan fingerprint density at radius 2 is 1.72 bits per heavy atom. The average molecular weight is 338 g/mol. The van der Waals surface area contributed by atoms with Crippen LogP contribution >= 0.6 is 0 Å². The van der Waals surface area contributed by atoms with Crippen LogP contribution in [0.25, 0.3) is 10.9 Å². The largest absolute Gasteiger partial charge is 0.508 e. The van der Waals surface area contributed by atoms with E-state index in [0.717, 1.165) is 5.52 Å². The molecule has 8 nitrogen and oxygen atoms in total. The van der Waals surface area contributed by atoms with Crippen LogP contribution in [0.4, 0.5) is 11.4 Å². The summed E-state index contributed by atoms with van der Waals surface area (Å²) >= 11 is 0. The first-order chi connectivity index (χ1) is 12.0. The first-order valence-corrected chi connectivity index (χ1v) is 7.30. The molecule has 2 aromatic carbocycles. The molecular formula is C17H14N4O4. The van der Waals surface area contributed by atoms with E-state index in [9.17, 15) is 19.8 Å². The van der Waals surface area contributed by atoms with Gasteiger partial charge in [0.15, 0.2) is 5.69 Å². The van der Waals surface area contributed by atoms with Gasteiger partial charge in [0.2, 0.25) is 5.88 Å². The average Bonchev–Trinajstić information content (AvgIpc) is 2.86. The summed E-state index contributed by atoms with van der Waals surface area (Å²) in [4.78, 5) is 23.7. The number of hydrogen-bond donors (Lipinski definition) is 3. The number of nitrogens with one attached hydrogen (secondary N) is 1. The zero-order chi connectivity index (χ0) is 18.0. The number of phenols is 1. The number of anilines is 1. The number of rotatable bonds is 2. The fourth-order valence-corrected chi connectivity index (χ4v) is 2.33. The number of aromatic nitrogens is 1. The van der Waals surface area contributed by atoms with Crippen molar-refractivity contribution in [3.8, 4) is 11.6 Å². The van der Waals surface area contributed by atoms with Gasteiger partial charge in [0.25, 0.3) is 0 Å². The van der Waals surface area contributed by atoms with Crippen LogP contribution in [0.1, 0.15) is 0 Å². The van der Waals surface area contributed by atoms with Gasteiger partial charge in [-0.05, 0) is 30.3 Å². The summed E-state index contributed by atoms with van der Waals surface area (Å²) < 4.78 is 1.50. The molecule has 0 radical (unpaired) electrons. The zero-order valence-corrected chi connectivity index (χ0v) is 13.2. The number of aryl methyl sites for hydroxylation is 1. The van der Waals surface area contributed by atoms with Crippen LogP contribution in [0.3, 0.4) is 0 Å². The molecule has 25 heavy (non-hydrogen) atoms. The molecule has 0 aliphatic heterocycles. The Hall–Kier alpha value is -3.68. The Morgan fingerprint density at radius 3 is 2.44 bits per heavy atom. The third-order valence-corrected chi connectivity index (χ3v) is 3.61. The van der Waals surface area contributed by atoms with E-state index >= 15 is 0 Å². The van der Waals surface area contributed by atoms with Crippen LogP contribution in [-0.4, -0.2) is 26.6 Å². The molecular weight excluding hydrogens is 324 g/mol. The van der Waals surface area contributed by atoms with Gasteiger partial charge in [0.1, 0.15) is 5.75 Å². The molecule has 3 aromatic rings. The van der Waals surface area contributed by atoms with Crippen LogP contribution in [0.15, 0.2) is 58.8 Å². The van der Waals surface area contributed by atoms with Crippen LogP contribution in [0.2, 0.25) is 0 Å².